The third-order valence-corrected chi connectivity index (χ3v) is 3.87. The quantitative estimate of drug-likeness (QED) is 0.873. The first-order valence-corrected chi connectivity index (χ1v) is 8.17. The first-order chi connectivity index (χ1) is 11.8. The zero-order chi connectivity index (χ0) is 18.6. The lowest BCUT2D eigenvalue weighted by Crippen LogP contribution is -2.38. The zero-order valence-electron chi connectivity index (χ0n) is 14.6. The molecule has 1 aromatic carbocycles. The maximum Gasteiger partial charge on any atom is 0.254 e. The molecule has 1 atom stereocenters. The van der Waals surface area contributed by atoms with Gasteiger partial charge < -0.3 is 14.6 Å². The minimum Gasteiger partial charge on any atom is -0.387 e. The lowest BCUT2D eigenvalue weighted by Gasteiger charge is -2.27. The fraction of sp³-hybridized carbons (Fsp3) is 0.368. The summed E-state index contributed by atoms with van der Waals surface area (Å²) in [4.78, 5) is 26.1. The van der Waals surface area contributed by atoms with E-state index in [-0.39, 0.29) is 35.3 Å². The number of hydrogen-bond acceptors (Lipinski definition) is 3. The van der Waals surface area contributed by atoms with Crippen LogP contribution in [-0.2, 0) is 7.05 Å². The molecule has 0 fully saturated rings. The van der Waals surface area contributed by atoms with Crippen LogP contribution in [0.4, 0.5) is 4.39 Å². The molecule has 0 spiro atoms. The Balaban J connectivity index is 2.22. The Labute approximate surface area is 146 Å². The van der Waals surface area contributed by atoms with E-state index in [0.29, 0.717) is 12.1 Å². The van der Waals surface area contributed by atoms with Crippen molar-refractivity contribution in [2.45, 2.75) is 20.0 Å². The van der Waals surface area contributed by atoms with E-state index in [9.17, 15) is 19.1 Å². The van der Waals surface area contributed by atoms with Crippen LogP contribution in [0.1, 0.15) is 35.9 Å². The van der Waals surface area contributed by atoms with Gasteiger partial charge in [0, 0.05) is 31.4 Å². The molecule has 0 aliphatic heterocycles. The number of hydrogen-bond donors (Lipinski definition) is 1. The molecule has 1 N–H and O–H groups in total. The lowest BCUT2D eigenvalue weighted by molar-refractivity contribution is 0.0594. The molecule has 5 nitrogen and oxygen atoms in total. The summed E-state index contributed by atoms with van der Waals surface area (Å²) in [6.45, 7) is 4.44. The average molecular weight is 346 g/mol. The molecule has 0 saturated heterocycles. The van der Waals surface area contributed by atoms with Crippen LogP contribution < -0.4 is 5.56 Å². The van der Waals surface area contributed by atoms with Crippen molar-refractivity contribution in [3.05, 3.63) is 69.9 Å². The van der Waals surface area contributed by atoms with Gasteiger partial charge in [0.05, 0.1) is 12.6 Å². The molecule has 0 saturated carbocycles. The molecule has 0 aliphatic rings. The van der Waals surface area contributed by atoms with E-state index in [4.69, 9.17) is 0 Å². The largest absolute Gasteiger partial charge is 0.387 e. The highest BCUT2D eigenvalue weighted by molar-refractivity contribution is 5.94. The van der Waals surface area contributed by atoms with Crippen LogP contribution in [0.3, 0.4) is 0 Å². The maximum absolute atomic E-state index is 13.0. The average Bonchev–Trinajstić information content (AvgIpc) is 2.56. The van der Waals surface area contributed by atoms with Gasteiger partial charge in [-0.3, -0.25) is 9.59 Å². The third kappa shape index (κ3) is 5.00. The Hall–Kier alpha value is -2.47. The van der Waals surface area contributed by atoms with Crippen molar-refractivity contribution in [1.29, 1.82) is 0 Å². The maximum atomic E-state index is 13.0. The molecule has 134 valence electrons. The number of rotatable bonds is 6. The zero-order valence-corrected chi connectivity index (χ0v) is 14.6. The van der Waals surface area contributed by atoms with Gasteiger partial charge in [0.1, 0.15) is 5.82 Å². The molecule has 1 aromatic heterocycles. The summed E-state index contributed by atoms with van der Waals surface area (Å²) in [5, 5.41) is 10.4. The van der Waals surface area contributed by atoms with Gasteiger partial charge in [-0.15, -0.1) is 0 Å². The first kappa shape index (κ1) is 18.9. The monoisotopic (exact) mass is 346 g/mol. The number of aromatic nitrogens is 1. The molecular formula is C19H23FN2O3. The van der Waals surface area contributed by atoms with Crippen molar-refractivity contribution in [3.63, 3.8) is 0 Å². The summed E-state index contributed by atoms with van der Waals surface area (Å²) < 4.78 is 14.4. The summed E-state index contributed by atoms with van der Waals surface area (Å²) in [6.07, 6.45) is 0.606. The van der Waals surface area contributed by atoms with Crippen LogP contribution in [0.2, 0.25) is 0 Å². The minimum absolute atomic E-state index is 0.0673. The van der Waals surface area contributed by atoms with Gasteiger partial charge in [-0.1, -0.05) is 26.0 Å². The van der Waals surface area contributed by atoms with Crippen molar-refractivity contribution in [2.24, 2.45) is 13.0 Å². The molecule has 1 amide bonds. The molecular weight excluding hydrogens is 323 g/mol. The molecule has 6 heteroatoms. The number of carbonyl (C=O) groups is 1. The van der Waals surface area contributed by atoms with Gasteiger partial charge in [-0.25, -0.2) is 4.39 Å². The number of halogens is 1. The highest BCUT2D eigenvalue weighted by atomic mass is 19.1. The normalized spacial score (nSPS) is 12.2. The number of aliphatic hydroxyl groups is 1. The topological polar surface area (TPSA) is 62.5 Å². The minimum atomic E-state index is -0.935. The second-order valence-corrected chi connectivity index (χ2v) is 6.54. The van der Waals surface area contributed by atoms with Crippen molar-refractivity contribution >= 4 is 5.91 Å². The third-order valence-electron chi connectivity index (χ3n) is 3.87. The van der Waals surface area contributed by atoms with Gasteiger partial charge in [0.2, 0.25) is 0 Å². The Kier molecular flexibility index (Phi) is 6.09. The van der Waals surface area contributed by atoms with Crippen LogP contribution in [0, 0.1) is 11.7 Å². The van der Waals surface area contributed by atoms with Crippen LogP contribution >= 0.6 is 0 Å². The fourth-order valence-corrected chi connectivity index (χ4v) is 2.54. The second kappa shape index (κ2) is 8.07. The Morgan fingerprint density at radius 2 is 1.84 bits per heavy atom. The molecule has 0 bridgehead atoms. The van der Waals surface area contributed by atoms with Crippen molar-refractivity contribution < 1.29 is 14.3 Å². The van der Waals surface area contributed by atoms with Crippen LogP contribution in [0.25, 0.3) is 0 Å². The Morgan fingerprint density at radius 1 is 1.20 bits per heavy atom. The molecule has 0 aliphatic carbocycles. The number of benzene rings is 1. The van der Waals surface area contributed by atoms with Gasteiger partial charge in [-0.05, 0) is 29.7 Å². The SMILES string of the molecule is CC(C)CN(C[C@@H](O)c1ccc(F)cc1)C(=O)c1ccn(C)c(=O)c1. The van der Waals surface area contributed by atoms with Crippen molar-refractivity contribution in [3.8, 4) is 0 Å². The summed E-state index contributed by atoms with van der Waals surface area (Å²) in [5.74, 6) is -0.505. The standard InChI is InChI=1S/C19H23FN2O3/c1-13(2)11-22(12-17(23)14-4-6-16(20)7-5-14)19(25)15-8-9-21(3)18(24)10-15/h4-10,13,17,23H,11-12H2,1-3H3/t17-/m1/s1. The predicted molar refractivity (Wildman–Crippen MR) is 93.8 cm³/mol. The first-order valence-electron chi connectivity index (χ1n) is 8.17. The number of amides is 1. The molecule has 25 heavy (non-hydrogen) atoms. The summed E-state index contributed by atoms with van der Waals surface area (Å²) >= 11 is 0. The van der Waals surface area contributed by atoms with E-state index in [0.717, 1.165) is 0 Å². The van der Waals surface area contributed by atoms with E-state index in [1.165, 1.54) is 39.8 Å². The van der Waals surface area contributed by atoms with Crippen LogP contribution in [0.5, 0.6) is 0 Å². The molecule has 0 radical (unpaired) electrons. The van der Waals surface area contributed by atoms with E-state index in [1.54, 1.807) is 19.3 Å². The number of carbonyl (C=O) groups excluding carboxylic acids is 1. The number of aliphatic hydroxyl groups excluding tert-OH is 1. The van der Waals surface area contributed by atoms with Crippen molar-refractivity contribution in [2.75, 3.05) is 13.1 Å². The van der Waals surface area contributed by atoms with E-state index < -0.39 is 6.10 Å². The lowest BCUT2D eigenvalue weighted by atomic mass is 10.1. The van der Waals surface area contributed by atoms with Crippen molar-refractivity contribution in [1.82, 2.24) is 9.47 Å². The van der Waals surface area contributed by atoms with Gasteiger partial charge in [0.25, 0.3) is 11.5 Å². The van der Waals surface area contributed by atoms with E-state index in [2.05, 4.69) is 0 Å². The van der Waals surface area contributed by atoms with Gasteiger partial charge in [0.15, 0.2) is 0 Å². The van der Waals surface area contributed by atoms with E-state index >= 15 is 0 Å². The second-order valence-electron chi connectivity index (χ2n) is 6.54. The molecule has 2 rings (SSSR count). The smallest absolute Gasteiger partial charge is 0.254 e. The number of nitrogens with zero attached hydrogens (tertiary/aromatic N) is 2. The number of aryl methyl sites for hydroxylation is 1. The summed E-state index contributed by atoms with van der Waals surface area (Å²) in [6, 6.07) is 8.41. The molecule has 1 heterocycles. The van der Waals surface area contributed by atoms with Crippen LogP contribution in [0.15, 0.2) is 47.4 Å². The Bertz CT molecular complexity index is 784. The molecule has 2 aromatic rings. The Morgan fingerprint density at radius 3 is 2.40 bits per heavy atom. The number of pyridine rings is 1. The van der Waals surface area contributed by atoms with E-state index in [1.807, 2.05) is 13.8 Å². The summed E-state index contributed by atoms with van der Waals surface area (Å²) in [7, 11) is 1.61. The van der Waals surface area contributed by atoms with Crippen LogP contribution in [-0.4, -0.2) is 33.6 Å². The van der Waals surface area contributed by atoms with Gasteiger partial charge in [-0.2, -0.15) is 0 Å². The van der Waals surface area contributed by atoms with Gasteiger partial charge >= 0.3 is 0 Å². The highest BCUT2D eigenvalue weighted by Gasteiger charge is 2.21. The summed E-state index contributed by atoms with van der Waals surface area (Å²) in [5.41, 5.74) is 0.552. The highest BCUT2D eigenvalue weighted by Crippen LogP contribution is 2.17. The predicted octanol–water partition coefficient (Wildman–Crippen LogP) is 2.36. The molecule has 0 unspecified atom stereocenters. The fourth-order valence-electron chi connectivity index (χ4n) is 2.54.